The van der Waals surface area contributed by atoms with Crippen molar-refractivity contribution in [1.82, 2.24) is 4.90 Å². The van der Waals surface area contributed by atoms with Crippen LogP contribution < -0.4 is 19.5 Å². The van der Waals surface area contributed by atoms with Crippen LogP contribution >= 0.6 is 0 Å². The van der Waals surface area contributed by atoms with Gasteiger partial charge in [-0.2, -0.15) is 0 Å². The fourth-order valence-corrected chi connectivity index (χ4v) is 3.84. The average molecular weight is 368 g/mol. The maximum atomic E-state index is 13.3. The third-order valence-electron chi connectivity index (χ3n) is 5.30. The van der Waals surface area contributed by atoms with Gasteiger partial charge in [-0.25, -0.2) is 0 Å². The number of carbonyl (C=O) groups excluding carboxylic acids is 1. The molecule has 0 saturated carbocycles. The monoisotopic (exact) mass is 368 g/mol. The number of ether oxygens (including phenoxy) is 3. The summed E-state index contributed by atoms with van der Waals surface area (Å²) in [6, 6.07) is 7.57. The van der Waals surface area contributed by atoms with Gasteiger partial charge >= 0.3 is 0 Å². The Kier molecular flexibility index (Phi) is 4.44. The summed E-state index contributed by atoms with van der Waals surface area (Å²) < 4.78 is 16.8. The molecule has 2 aliphatic heterocycles. The van der Waals surface area contributed by atoms with Crippen LogP contribution in [0.4, 0.5) is 5.69 Å². The average Bonchev–Trinajstić information content (AvgIpc) is 3.11. The van der Waals surface area contributed by atoms with Crippen molar-refractivity contribution in [3.05, 3.63) is 46.5 Å². The second-order valence-electron chi connectivity index (χ2n) is 7.16. The van der Waals surface area contributed by atoms with Gasteiger partial charge in [0, 0.05) is 17.8 Å². The number of nitrogens with one attached hydrogen (secondary N) is 1. The number of hydrogen-bond acceptors (Lipinski definition) is 5. The Bertz CT molecular complexity index is 910. The molecule has 1 amide bonds. The van der Waals surface area contributed by atoms with Crippen molar-refractivity contribution in [3.63, 3.8) is 0 Å². The van der Waals surface area contributed by atoms with Crippen molar-refractivity contribution < 1.29 is 19.0 Å². The van der Waals surface area contributed by atoms with E-state index in [1.54, 1.807) is 7.11 Å². The van der Waals surface area contributed by atoms with Gasteiger partial charge in [-0.3, -0.25) is 9.69 Å². The molecule has 6 heteroatoms. The SMILES string of the molecule is COc1c2c(cc3c1[C@H](C(=O)Nc1cc(C)ccc1C)N(C)CC3)OCO2. The van der Waals surface area contributed by atoms with E-state index in [4.69, 9.17) is 14.2 Å². The van der Waals surface area contributed by atoms with E-state index < -0.39 is 6.04 Å². The molecule has 142 valence electrons. The first-order chi connectivity index (χ1) is 13.0. The number of aryl methyl sites for hydroxylation is 2. The van der Waals surface area contributed by atoms with Crippen LogP contribution in [-0.4, -0.2) is 38.3 Å². The lowest BCUT2D eigenvalue weighted by atomic mass is 9.90. The van der Waals surface area contributed by atoms with Crippen LogP contribution in [0.3, 0.4) is 0 Å². The predicted octanol–water partition coefficient (Wildman–Crippen LogP) is 3.21. The van der Waals surface area contributed by atoms with Crippen molar-refractivity contribution in [2.75, 3.05) is 32.8 Å². The summed E-state index contributed by atoms with van der Waals surface area (Å²) >= 11 is 0. The number of hydrogen-bond donors (Lipinski definition) is 1. The highest BCUT2D eigenvalue weighted by Gasteiger charge is 2.37. The molecular weight excluding hydrogens is 344 g/mol. The van der Waals surface area contributed by atoms with Crippen molar-refractivity contribution in [2.45, 2.75) is 26.3 Å². The van der Waals surface area contributed by atoms with E-state index in [9.17, 15) is 4.79 Å². The highest BCUT2D eigenvalue weighted by Crippen LogP contribution is 2.49. The number of amides is 1. The summed E-state index contributed by atoms with van der Waals surface area (Å²) in [4.78, 5) is 15.3. The fraction of sp³-hybridized carbons (Fsp3) is 0.381. The van der Waals surface area contributed by atoms with Crippen molar-refractivity contribution in [2.24, 2.45) is 0 Å². The van der Waals surface area contributed by atoms with E-state index in [1.807, 2.05) is 50.1 Å². The Balaban J connectivity index is 1.76. The van der Waals surface area contributed by atoms with Gasteiger partial charge in [0.15, 0.2) is 11.5 Å². The molecule has 0 spiro atoms. The quantitative estimate of drug-likeness (QED) is 0.902. The largest absolute Gasteiger partial charge is 0.492 e. The minimum atomic E-state index is -0.460. The Hall–Kier alpha value is -2.73. The minimum Gasteiger partial charge on any atom is -0.492 e. The number of likely N-dealkylation sites (N-methyl/N-ethyl adjacent to an activating group) is 1. The molecule has 2 aromatic carbocycles. The standard InChI is InChI=1S/C21H24N2O4/c1-12-5-6-13(2)15(9-12)22-21(24)18-17-14(7-8-23(18)3)10-16-19(20(17)25-4)27-11-26-16/h5-6,9-10,18H,7-8,11H2,1-4H3,(H,22,24)/t18-/m1/s1. The summed E-state index contributed by atoms with van der Waals surface area (Å²) in [5, 5.41) is 3.10. The Labute approximate surface area is 159 Å². The Morgan fingerprint density at radius 3 is 2.85 bits per heavy atom. The number of rotatable bonds is 3. The predicted molar refractivity (Wildman–Crippen MR) is 103 cm³/mol. The molecule has 1 N–H and O–H groups in total. The Morgan fingerprint density at radius 1 is 1.26 bits per heavy atom. The normalized spacial score (nSPS) is 18.1. The van der Waals surface area contributed by atoms with Gasteiger partial charge in [0.25, 0.3) is 0 Å². The van der Waals surface area contributed by atoms with Gasteiger partial charge in [0.1, 0.15) is 6.04 Å². The van der Waals surface area contributed by atoms with Crippen LogP contribution in [0.1, 0.15) is 28.3 Å². The van der Waals surface area contributed by atoms with E-state index in [0.717, 1.165) is 40.9 Å². The van der Waals surface area contributed by atoms with Gasteiger partial charge in [-0.1, -0.05) is 12.1 Å². The van der Waals surface area contributed by atoms with Gasteiger partial charge in [-0.05, 0) is 56.1 Å². The smallest absolute Gasteiger partial charge is 0.246 e. The fourth-order valence-electron chi connectivity index (χ4n) is 3.84. The lowest BCUT2D eigenvalue weighted by Crippen LogP contribution is -2.40. The first kappa shape index (κ1) is 17.7. The lowest BCUT2D eigenvalue weighted by molar-refractivity contribution is -0.121. The number of carbonyl (C=O) groups is 1. The zero-order chi connectivity index (χ0) is 19.1. The highest BCUT2D eigenvalue weighted by molar-refractivity contribution is 5.97. The summed E-state index contributed by atoms with van der Waals surface area (Å²) in [5.41, 5.74) is 4.90. The highest BCUT2D eigenvalue weighted by atomic mass is 16.7. The number of nitrogens with zero attached hydrogens (tertiary/aromatic N) is 1. The first-order valence-corrected chi connectivity index (χ1v) is 9.07. The van der Waals surface area contributed by atoms with E-state index in [0.29, 0.717) is 17.2 Å². The second kappa shape index (κ2) is 6.78. The van der Waals surface area contributed by atoms with Gasteiger partial charge in [0.2, 0.25) is 18.4 Å². The molecular formula is C21H24N2O4. The summed E-state index contributed by atoms with van der Waals surface area (Å²) in [7, 11) is 3.56. The van der Waals surface area contributed by atoms with E-state index in [2.05, 4.69) is 5.32 Å². The molecule has 0 saturated heterocycles. The lowest BCUT2D eigenvalue weighted by Gasteiger charge is -2.34. The molecule has 0 unspecified atom stereocenters. The van der Waals surface area contributed by atoms with Crippen molar-refractivity contribution in [1.29, 1.82) is 0 Å². The molecule has 0 bridgehead atoms. The number of anilines is 1. The molecule has 0 fully saturated rings. The molecule has 6 nitrogen and oxygen atoms in total. The third kappa shape index (κ3) is 3.00. The van der Waals surface area contributed by atoms with Gasteiger partial charge in [0.05, 0.1) is 7.11 Å². The molecule has 4 rings (SSSR count). The van der Waals surface area contributed by atoms with E-state index in [1.165, 1.54) is 0 Å². The minimum absolute atomic E-state index is 0.0793. The van der Waals surface area contributed by atoms with Crippen molar-refractivity contribution >= 4 is 11.6 Å². The van der Waals surface area contributed by atoms with Crippen molar-refractivity contribution in [3.8, 4) is 17.2 Å². The topological polar surface area (TPSA) is 60.0 Å². The van der Waals surface area contributed by atoms with Crippen LogP contribution in [0.2, 0.25) is 0 Å². The molecule has 0 radical (unpaired) electrons. The van der Waals surface area contributed by atoms with Crippen LogP contribution in [0.5, 0.6) is 17.2 Å². The van der Waals surface area contributed by atoms with Crippen LogP contribution in [0.15, 0.2) is 24.3 Å². The summed E-state index contributed by atoms with van der Waals surface area (Å²) in [6.45, 7) is 4.96. The molecule has 0 aliphatic carbocycles. The summed E-state index contributed by atoms with van der Waals surface area (Å²) in [6.07, 6.45) is 0.825. The third-order valence-corrected chi connectivity index (χ3v) is 5.30. The molecule has 1 atom stereocenters. The maximum absolute atomic E-state index is 13.3. The molecule has 2 aromatic rings. The second-order valence-corrected chi connectivity index (χ2v) is 7.16. The number of benzene rings is 2. The zero-order valence-corrected chi connectivity index (χ0v) is 16.1. The van der Waals surface area contributed by atoms with Crippen LogP contribution in [-0.2, 0) is 11.2 Å². The number of fused-ring (bicyclic) bond motifs is 2. The maximum Gasteiger partial charge on any atom is 0.246 e. The first-order valence-electron chi connectivity index (χ1n) is 9.07. The van der Waals surface area contributed by atoms with Crippen LogP contribution in [0, 0.1) is 13.8 Å². The zero-order valence-electron chi connectivity index (χ0n) is 16.1. The van der Waals surface area contributed by atoms with E-state index in [-0.39, 0.29) is 12.7 Å². The molecule has 2 heterocycles. The van der Waals surface area contributed by atoms with Gasteiger partial charge < -0.3 is 19.5 Å². The molecule has 2 aliphatic rings. The molecule has 0 aromatic heterocycles. The van der Waals surface area contributed by atoms with Gasteiger partial charge in [-0.15, -0.1) is 0 Å². The Morgan fingerprint density at radius 2 is 2.07 bits per heavy atom. The van der Waals surface area contributed by atoms with E-state index >= 15 is 0 Å². The summed E-state index contributed by atoms with van der Waals surface area (Å²) in [5.74, 6) is 1.77. The van der Waals surface area contributed by atoms with Crippen LogP contribution in [0.25, 0.3) is 0 Å². The molecule has 27 heavy (non-hydrogen) atoms. The number of methoxy groups -OCH3 is 1.